The lowest BCUT2D eigenvalue weighted by Gasteiger charge is -2.12. The Morgan fingerprint density at radius 2 is 2.00 bits per heavy atom. The molecule has 0 saturated carbocycles. The highest BCUT2D eigenvalue weighted by atomic mass is 127. The number of nitrogens with one attached hydrogen (secondary N) is 3. The molecule has 0 unspecified atom stereocenters. The molecule has 0 aliphatic heterocycles. The second-order valence-electron chi connectivity index (χ2n) is 5.08. The zero-order valence-electron chi connectivity index (χ0n) is 14.8. The molecule has 24 heavy (non-hydrogen) atoms. The lowest BCUT2D eigenvalue weighted by molar-refractivity contribution is -0.120. The molecule has 0 aromatic carbocycles. The molecule has 1 rings (SSSR count). The fourth-order valence-electron chi connectivity index (χ4n) is 2.00. The molecule has 1 amide bonds. The largest absolute Gasteiger partial charge is 0.357 e. The van der Waals surface area contributed by atoms with E-state index in [2.05, 4.69) is 38.1 Å². The third-order valence-corrected chi connectivity index (χ3v) is 3.18. The monoisotopic (exact) mass is 451 g/mol. The number of carbonyl (C=O) groups is 1. The fourth-order valence-corrected chi connectivity index (χ4v) is 2.00. The molecule has 0 aliphatic carbocycles. The lowest BCUT2D eigenvalue weighted by Crippen LogP contribution is -2.39. The number of hydrogen-bond donors (Lipinski definition) is 3. The van der Waals surface area contributed by atoms with E-state index in [0.29, 0.717) is 13.0 Å². The average molecular weight is 451 g/mol. The van der Waals surface area contributed by atoms with Gasteiger partial charge in [-0.3, -0.25) is 9.79 Å². The maximum absolute atomic E-state index is 11.5. The van der Waals surface area contributed by atoms with E-state index in [-0.39, 0.29) is 29.9 Å². The van der Waals surface area contributed by atoms with E-state index < -0.39 is 0 Å². The Morgan fingerprint density at radius 1 is 1.21 bits per heavy atom. The summed E-state index contributed by atoms with van der Waals surface area (Å²) in [7, 11) is 0. The standard InChI is InChI=1S/C15H29N7O.HI/c1-4-8-17-14(23)7-9-18-15(16-6-3)19-10-11-22-12-20-21-13(22)5-2;/h12H,4-11H2,1-3H3,(H,17,23)(H2,16,18,19);1H. The Balaban J connectivity index is 0.00000529. The minimum atomic E-state index is 0. The van der Waals surface area contributed by atoms with Gasteiger partial charge in [0.25, 0.3) is 0 Å². The van der Waals surface area contributed by atoms with Gasteiger partial charge in [0, 0.05) is 39.0 Å². The molecule has 0 bridgehead atoms. The van der Waals surface area contributed by atoms with E-state index in [1.165, 1.54) is 0 Å². The van der Waals surface area contributed by atoms with Crippen LogP contribution in [0, 0.1) is 0 Å². The van der Waals surface area contributed by atoms with Gasteiger partial charge in [0.1, 0.15) is 12.2 Å². The molecule has 0 spiro atoms. The van der Waals surface area contributed by atoms with E-state index in [1.807, 2.05) is 18.4 Å². The van der Waals surface area contributed by atoms with Crippen LogP contribution in [0.25, 0.3) is 0 Å². The first-order valence-corrected chi connectivity index (χ1v) is 8.36. The number of aromatic nitrogens is 3. The van der Waals surface area contributed by atoms with Gasteiger partial charge < -0.3 is 20.5 Å². The Hall–Kier alpha value is -1.39. The number of rotatable bonds is 10. The molecule has 1 aromatic rings. The maximum atomic E-state index is 11.5. The molecule has 1 heterocycles. The Morgan fingerprint density at radius 3 is 2.67 bits per heavy atom. The molecular formula is C15H30IN7O. The van der Waals surface area contributed by atoms with Gasteiger partial charge in [0.2, 0.25) is 5.91 Å². The summed E-state index contributed by atoms with van der Waals surface area (Å²) in [4.78, 5) is 16.0. The van der Waals surface area contributed by atoms with Crippen LogP contribution in [-0.4, -0.2) is 52.8 Å². The zero-order valence-corrected chi connectivity index (χ0v) is 17.2. The van der Waals surface area contributed by atoms with Crippen LogP contribution in [0.1, 0.15) is 39.4 Å². The average Bonchev–Trinajstić information content (AvgIpc) is 3.00. The van der Waals surface area contributed by atoms with Gasteiger partial charge in [0.05, 0.1) is 6.54 Å². The van der Waals surface area contributed by atoms with Crippen LogP contribution in [0.3, 0.4) is 0 Å². The van der Waals surface area contributed by atoms with E-state index in [1.54, 1.807) is 6.33 Å². The number of nitrogens with zero attached hydrogens (tertiary/aromatic N) is 4. The van der Waals surface area contributed by atoms with Crippen molar-refractivity contribution in [3.05, 3.63) is 12.2 Å². The number of amides is 1. The maximum Gasteiger partial charge on any atom is 0.221 e. The Bertz CT molecular complexity index is 490. The first-order chi connectivity index (χ1) is 11.2. The summed E-state index contributed by atoms with van der Waals surface area (Å²) >= 11 is 0. The summed E-state index contributed by atoms with van der Waals surface area (Å²) in [6.45, 7) is 9.57. The highest BCUT2D eigenvalue weighted by molar-refractivity contribution is 14.0. The smallest absolute Gasteiger partial charge is 0.221 e. The quantitative estimate of drug-likeness (QED) is 0.280. The van der Waals surface area contributed by atoms with Crippen LogP contribution in [0.5, 0.6) is 0 Å². The Kier molecular flexibility index (Phi) is 13.2. The van der Waals surface area contributed by atoms with E-state index in [0.717, 1.165) is 50.8 Å². The molecule has 0 radical (unpaired) electrons. The van der Waals surface area contributed by atoms with Crippen molar-refractivity contribution in [3.8, 4) is 0 Å². The summed E-state index contributed by atoms with van der Waals surface area (Å²) in [5, 5.41) is 17.3. The van der Waals surface area contributed by atoms with Crippen LogP contribution in [0.4, 0.5) is 0 Å². The van der Waals surface area contributed by atoms with E-state index in [4.69, 9.17) is 0 Å². The zero-order chi connectivity index (χ0) is 16.9. The molecular weight excluding hydrogens is 421 g/mol. The number of carbonyl (C=O) groups excluding carboxylic acids is 1. The van der Waals surface area contributed by atoms with Gasteiger partial charge in [-0.15, -0.1) is 34.2 Å². The van der Waals surface area contributed by atoms with Crippen LogP contribution in [0.15, 0.2) is 11.3 Å². The minimum Gasteiger partial charge on any atom is -0.357 e. The van der Waals surface area contributed by atoms with Crippen LogP contribution >= 0.6 is 24.0 Å². The third-order valence-electron chi connectivity index (χ3n) is 3.18. The molecule has 0 aliphatic rings. The number of halogens is 1. The lowest BCUT2D eigenvalue weighted by atomic mass is 10.4. The second kappa shape index (κ2) is 14.0. The highest BCUT2D eigenvalue weighted by Gasteiger charge is 2.03. The van der Waals surface area contributed by atoms with Gasteiger partial charge in [-0.25, -0.2) is 0 Å². The van der Waals surface area contributed by atoms with Gasteiger partial charge in [0.15, 0.2) is 5.96 Å². The summed E-state index contributed by atoms with van der Waals surface area (Å²) in [5.74, 6) is 1.74. The predicted molar refractivity (Wildman–Crippen MR) is 107 cm³/mol. The summed E-state index contributed by atoms with van der Waals surface area (Å²) in [6.07, 6.45) is 3.95. The van der Waals surface area contributed by atoms with Crippen molar-refractivity contribution < 1.29 is 4.79 Å². The number of guanidine groups is 1. The van der Waals surface area contributed by atoms with Crippen molar-refractivity contribution in [1.82, 2.24) is 30.7 Å². The number of aryl methyl sites for hydroxylation is 1. The van der Waals surface area contributed by atoms with Gasteiger partial charge in [-0.1, -0.05) is 13.8 Å². The molecule has 1 aromatic heterocycles. The van der Waals surface area contributed by atoms with Gasteiger partial charge in [-0.05, 0) is 13.3 Å². The van der Waals surface area contributed by atoms with Crippen LogP contribution in [0.2, 0.25) is 0 Å². The molecule has 8 nitrogen and oxygen atoms in total. The topological polar surface area (TPSA) is 96.2 Å². The first-order valence-electron chi connectivity index (χ1n) is 8.36. The molecule has 138 valence electrons. The molecule has 3 N–H and O–H groups in total. The highest BCUT2D eigenvalue weighted by Crippen LogP contribution is 1.94. The van der Waals surface area contributed by atoms with E-state index in [9.17, 15) is 4.79 Å². The second-order valence-corrected chi connectivity index (χ2v) is 5.08. The fraction of sp³-hybridized carbons (Fsp3) is 0.733. The molecule has 0 atom stereocenters. The van der Waals surface area contributed by atoms with Gasteiger partial charge >= 0.3 is 0 Å². The van der Waals surface area contributed by atoms with E-state index >= 15 is 0 Å². The summed E-state index contributed by atoms with van der Waals surface area (Å²) < 4.78 is 2.02. The predicted octanol–water partition coefficient (Wildman–Crippen LogP) is 0.930. The summed E-state index contributed by atoms with van der Waals surface area (Å²) in [5.41, 5.74) is 0. The van der Waals surface area contributed by atoms with Crippen LogP contribution in [-0.2, 0) is 17.8 Å². The summed E-state index contributed by atoms with van der Waals surface area (Å²) in [6, 6.07) is 0. The van der Waals surface area contributed by atoms with Crippen molar-refractivity contribution in [3.63, 3.8) is 0 Å². The van der Waals surface area contributed by atoms with Crippen molar-refractivity contribution in [1.29, 1.82) is 0 Å². The van der Waals surface area contributed by atoms with Crippen molar-refractivity contribution in [2.75, 3.05) is 26.2 Å². The third kappa shape index (κ3) is 9.04. The van der Waals surface area contributed by atoms with Crippen LogP contribution < -0.4 is 16.0 Å². The number of aliphatic imine (C=N–C) groups is 1. The minimum absolute atomic E-state index is 0. The molecule has 0 fully saturated rings. The van der Waals surface area contributed by atoms with Crippen molar-refractivity contribution in [2.24, 2.45) is 4.99 Å². The van der Waals surface area contributed by atoms with Gasteiger partial charge in [-0.2, -0.15) is 0 Å². The number of hydrogen-bond acceptors (Lipinski definition) is 4. The van der Waals surface area contributed by atoms with Crippen molar-refractivity contribution in [2.45, 2.75) is 46.6 Å². The van der Waals surface area contributed by atoms with Crippen molar-refractivity contribution >= 4 is 35.8 Å². The first kappa shape index (κ1) is 22.6. The Labute approximate surface area is 161 Å². The molecule has 0 saturated heterocycles. The molecule has 9 heteroatoms. The SMILES string of the molecule is CCCNC(=O)CCN=C(NCC)NCCn1cnnc1CC.I. The normalized spacial score (nSPS) is 10.9.